The third-order valence-electron chi connectivity index (χ3n) is 5.02. The van der Waals surface area contributed by atoms with Crippen molar-refractivity contribution in [1.29, 1.82) is 0 Å². The molecule has 150 valence electrons. The van der Waals surface area contributed by atoms with Gasteiger partial charge < -0.3 is 9.74 Å². The minimum absolute atomic E-state index is 0.121. The van der Waals surface area contributed by atoms with Crippen molar-refractivity contribution in [3.8, 4) is 11.8 Å². The van der Waals surface area contributed by atoms with E-state index in [-0.39, 0.29) is 49.2 Å². The van der Waals surface area contributed by atoms with Crippen molar-refractivity contribution in [3.05, 3.63) is 77.6 Å². The number of carbonyl (C=O) groups excluding carboxylic acids is 3. The van der Waals surface area contributed by atoms with Crippen molar-refractivity contribution in [2.75, 3.05) is 4.90 Å². The van der Waals surface area contributed by atoms with Gasteiger partial charge in [0, 0.05) is 36.8 Å². The van der Waals surface area contributed by atoms with Gasteiger partial charge in [-0.1, -0.05) is 48.8 Å². The van der Waals surface area contributed by atoms with E-state index >= 15 is 0 Å². The predicted octanol–water partition coefficient (Wildman–Crippen LogP) is 3.31. The van der Waals surface area contributed by atoms with Gasteiger partial charge >= 0.3 is 0 Å². The van der Waals surface area contributed by atoms with E-state index < -0.39 is 0 Å². The van der Waals surface area contributed by atoms with Gasteiger partial charge in [-0.15, -0.1) is 5.06 Å². The Morgan fingerprint density at radius 2 is 1.57 bits per heavy atom. The van der Waals surface area contributed by atoms with E-state index in [1.165, 1.54) is 0 Å². The number of benzene rings is 2. The fourth-order valence-electron chi connectivity index (χ4n) is 3.42. The smallest absolute Gasteiger partial charge is 0.263 e. The number of anilines is 1. The summed E-state index contributed by atoms with van der Waals surface area (Å²) in [5, 5.41) is 0.740. The van der Waals surface area contributed by atoms with Crippen molar-refractivity contribution in [3.63, 3.8) is 0 Å². The van der Waals surface area contributed by atoms with E-state index in [1.54, 1.807) is 4.90 Å². The van der Waals surface area contributed by atoms with Crippen molar-refractivity contribution in [2.24, 2.45) is 0 Å². The highest BCUT2D eigenvalue weighted by Gasteiger charge is 2.31. The van der Waals surface area contributed by atoms with Crippen LogP contribution in [-0.2, 0) is 25.8 Å². The van der Waals surface area contributed by atoms with Crippen LogP contribution in [0.3, 0.4) is 0 Å². The van der Waals surface area contributed by atoms with Crippen LogP contribution in [0.15, 0.2) is 60.9 Å². The van der Waals surface area contributed by atoms with Crippen LogP contribution in [0, 0.1) is 11.8 Å². The number of rotatable bonds is 5. The van der Waals surface area contributed by atoms with Gasteiger partial charge in [0.25, 0.3) is 11.8 Å². The molecule has 0 spiro atoms. The van der Waals surface area contributed by atoms with E-state index in [9.17, 15) is 14.4 Å². The molecule has 0 saturated carbocycles. The molecule has 1 saturated heterocycles. The second-order valence-corrected chi connectivity index (χ2v) is 7.12. The summed E-state index contributed by atoms with van der Waals surface area (Å²) >= 11 is 0. The Hall–Kier alpha value is -3.85. The molecule has 0 N–H and O–H groups in total. The average molecular weight is 400 g/mol. The van der Waals surface area contributed by atoms with Crippen molar-refractivity contribution < 1.29 is 19.2 Å². The summed E-state index contributed by atoms with van der Waals surface area (Å²) in [5.74, 6) is 5.65. The third kappa shape index (κ3) is 3.96. The molecule has 0 atom stereocenters. The molecule has 2 heterocycles. The number of para-hydroxylation sites is 1. The molecule has 0 unspecified atom stereocenters. The Morgan fingerprint density at radius 3 is 2.33 bits per heavy atom. The molecule has 2 aliphatic rings. The van der Waals surface area contributed by atoms with Crippen molar-refractivity contribution in [1.82, 2.24) is 5.06 Å². The largest absolute Gasteiger partial charge is 0.374 e. The fourth-order valence-corrected chi connectivity index (χ4v) is 3.42. The second-order valence-electron chi connectivity index (χ2n) is 7.12. The summed E-state index contributed by atoms with van der Waals surface area (Å²) in [6, 6.07) is 15.3. The molecular formula is C24H20N2O4. The highest BCUT2D eigenvalue weighted by Crippen LogP contribution is 2.26. The van der Waals surface area contributed by atoms with Gasteiger partial charge in [-0.2, -0.15) is 0 Å². The number of imide groups is 1. The van der Waals surface area contributed by atoms with Crippen LogP contribution in [-0.4, -0.2) is 22.8 Å². The predicted molar refractivity (Wildman–Crippen MR) is 111 cm³/mol. The number of amides is 3. The number of hydrogen-bond acceptors (Lipinski definition) is 4. The molecular weight excluding hydrogens is 380 g/mol. The minimum Gasteiger partial charge on any atom is -0.374 e. The van der Waals surface area contributed by atoms with Gasteiger partial charge in [-0.05, 0) is 23.8 Å². The quantitative estimate of drug-likeness (QED) is 0.439. The lowest BCUT2D eigenvalue weighted by atomic mass is 10.0. The lowest BCUT2D eigenvalue weighted by Crippen LogP contribution is -2.32. The van der Waals surface area contributed by atoms with Crippen molar-refractivity contribution >= 4 is 23.4 Å². The first-order valence-electron chi connectivity index (χ1n) is 9.74. The number of hydrogen-bond donors (Lipinski definition) is 0. The Kier molecular flexibility index (Phi) is 5.36. The highest BCUT2D eigenvalue weighted by molar-refractivity contribution is 6.00. The second kappa shape index (κ2) is 8.26. The number of hydroxylamine groups is 2. The van der Waals surface area contributed by atoms with E-state index in [0.717, 1.165) is 27.4 Å². The van der Waals surface area contributed by atoms with Crippen LogP contribution >= 0.6 is 0 Å². The fraction of sp³-hybridized carbons (Fsp3) is 0.208. The summed E-state index contributed by atoms with van der Waals surface area (Å²) in [7, 11) is 0. The van der Waals surface area contributed by atoms with Crippen LogP contribution in [0.2, 0.25) is 0 Å². The molecule has 30 heavy (non-hydrogen) atoms. The topological polar surface area (TPSA) is 66.9 Å². The maximum absolute atomic E-state index is 13.1. The molecule has 6 nitrogen and oxygen atoms in total. The maximum Gasteiger partial charge on any atom is 0.263 e. The van der Waals surface area contributed by atoms with Gasteiger partial charge in [0.1, 0.15) is 5.76 Å². The molecule has 0 aliphatic carbocycles. The van der Waals surface area contributed by atoms with Gasteiger partial charge in [0.15, 0.2) is 0 Å². The van der Waals surface area contributed by atoms with Gasteiger partial charge in [0.05, 0.1) is 12.2 Å². The zero-order chi connectivity index (χ0) is 21.1. The standard InChI is InChI=1S/C24H20N2O4/c1-17(30-26-23(28)14-15-24(26)29)10-13-22(27)25-16-20-8-3-2-6-18(20)11-12-19-7-4-5-9-21(19)25/h2-9H,1,10,13-16H2. The van der Waals surface area contributed by atoms with E-state index in [0.29, 0.717) is 6.54 Å². The third-order valence-corrected chi connectivity index (χ3v) is 5.02. The first-order valence-corrected chi connectivity index (χ1v) is 9.74. The number of allylic oxidation sites excluding steroid dienone is 1. The Morgan fingerprint density at radius 1 is 0.933 bits per heavy atom. The molecule has 2 aromatic rings. The summed E-state index contributed by atoms with van der Waals surface area (Å²) in [6.45, 7) is 4.16. The molecule has 0 radical (unpaired) electrons. The van der Waals surface area contributed by atoms with Crippen molar-refractivity contribution in [2.45, 2.75) is 32.2 Å². The first kappa shape index (κ1) is 19.5. The van der Waals surface area contributed by atoms with Crippen LogP contribution in [0.4, 0.5) is 5.69 Å². The van der Waals surface area contributed by atoms with Gasteiger partial charge in [0.2, 0.25) is 5.91 Å². The monoisotopic (exact) mass is 400 g/mol. The molecule has 0 bridgehead atoms. The lowest BCUT2D eigenvalue weighted by molar-refractivity contribution is -0.177. The molecule has 2 aromatic carbocycles. The summed E-state index contributed by atoms with van der Waals surface area (Å²) < 4.78 is 0. The number of fused-ring (bicyclic) bond motifs is 2. The Balaban J connectivity index is 1.51. The summed E-state index contributed by atoms with van der Waals surface area (Å²) in [6.07, 6.45) is 0.590. The minimum atomic E-state index is -0.389. The Bertz CT molecular complexity index is 1090. The van der Waals surface area contributed by atoms with Crippen LogP contribution in [0.1, 0.15) is 42.4 Å². The van der Waals surface area contributed by atoms with Gasteiger partial charge in [-0.25, -0.2) is 0 Å². The van der Waals surface area contributed by atoms with Crippen LogP contribution in [0.5, 0.6) is 0 Å². The zero-order valence-electron chi connectivity index (χ0n) is 16.4. The highest BCUT2D eigenvalue weighted by atomic mass is 16.7. The van der Waals surface area contributed by atoms with Gasteiger partial charge in [-0.3, -0.25) is 14.4 Å². The SMILES string of the molecule is C=C(CCC(=O)N1Cc2ccccc2C#Cc2ccccc21)ON1C(=O)CCC1=O. The Labute approximate surface area is 174 Å². The zero-order valence-corrected chi connectivity index (χ0v) is 16.4. The summed E-state index contributed by atoms with van der Waals surface area (Å²) in [4.78, 5) is 43.5. The normalized spacial score (nSPS) is 14.8. The number of carbonyl (C=O) groups is 3. The molecule has 2 aliphatic heterocycles. The molecule has 4 rings (SSSR count). The first-order chi connectivity index (χ1) is 14.5. The molecule has 0 aromatic heterocycles. The average Bonchev–Trinajstić information content (AvgIpc) is 3.05. The van der Waals surface area contributed by atoms with E-state index in [2.05, 4.69) is 18.4 Å². The van der Waals surface area contributed by atoms with Crippen LogP contribution < -0.4 is 4.90 Å². The number of nitrogens with zero attached hydrogens (tertiary/aromatic N) is 2. The molecule has 1 fully saturated rings. The summed E-state index contributed by atoms with van der Waals surface area (Å²) in [5.41, 5.74) is 3.39. The lowest BCUT2D eigenvalue weighted by Gasteiger charge is -2.26. The molecule has 6 heteroatoms. The maximum atomic E-state index is 13.1. The van der Waals surface area contributed by atoms with Crippen LogP contribution in [0.25, 0.3) is 0 Å². The van der Waals surface area contributed by atoms with E-state index in [4.69, 9.17) is 4.84 Å². The molecule has 3 amide bonds. The van der Waals surface area contributed by atoms with E-state index in [1.807, 2.05) is 48.5 Å².